The molecule has 0 radical (unpaired) electrons. The number of carbonyl (C=O) groups excluding carboxylic acids is 3. The molecular formula is C21H20N2O4. The lowest BCUT2D eigenvalue weighted by atomic mass is 9.92. The van der Waals surface area contributed by atoms with E-state index in [-0.39, 0.29) is 5.91 Å². The lowest BCUT2D eigenvalue weighted by Gasteiger charge is -2.21. The van der Waals surface area contributed by atoms with Gasteiger partial charge in [0.1, 0.15) is 5.75 Å². The van der Waals surface area contributed by atoms with E-state index in [0.717, 1.165) is 17.1 Å². The maximum Gasteiger partial charge on any atom is 0.254 e. The van der Waals surface area contributed by atoms with E-state index in [4.69, 9.17) is 4.74 Å². The molecule has 0 aliphatic carbocycles. The summed E-state index contributed by atoms with van der Waals surface area (Å²) in [6.45, 7) is 0.695. The topological polar surface area (TPSA) is 75.7 Å². The third kappa shape index (κ3) is 3.33. The first-order valence-electron chi connectivity index (χ1n) is 8.52. The number of nitrogens with one attached hydrogen (secondary N) is 1. The van der Waals surface area contributed by atoms with Crippen LogP contribution in [0.15, 0.2) is 42.5 Å². The number of benzene rings is 3. The number of amides is 2. The van der Waals surface area contributed by atoms with Gasteiger partial charge in [0.05, 0.1) is 12.7 Å². The van der Waals surface area contributed by atoms with Crippen LogP contribution >= 0.6 is 0 Å². The van der Waals surface area contributed by atoms with Crippen molar-refractivity contribution in [3.63, 3.8) is 0 Å². The number of ether oxygens (including phenoxy) is 1. The Morgan fingerprint density at radius 1 is 1.15 bits per heavy atom. The lowest BCUT2D eigenvalue weighted by molar-refractivity contribution is -0.109. The van der Waals surface area contributed by atoms with Crippen molar-refractivity contribution in [2.24, 2.45) is 0 Å². The van der Waals surface area contributed by atoms with E-state index in [0.29, 0.717) is 47.1 Å². The molecule has 0 aliphatic rings. The average Bonchev–Trinajstić information content (AvgIpc) is 2.70. The summed E-state index contributed by atoms with van der Waals surface area (Å²) in [5, 5.41) is 5.48. The van der Waals surface area contributed by atoms with Gasteiger partial charge in [-0.2, -0.15) is 0 Å². The number of hydrogen-bond donors (Lipinski definition) is 1. The SMILES string of the molecule is COc1ccc(C=O)c2c(C(=O)N(C)CCNC=O)c3ccccc3cc12. The second-order valence-electron chi connectivity index (χ2n) is 6.17. The Kier molecular flexibility index (Phi) is 5.35. The van der Waals surface area contributed by atoms with Gasteiger partial charge >= 0.3 is 0 Å². The molecule has 3 aromatic carbocycles. The van der Waals surface area contributed by atoms with Crippen LogP contribution in [0.3, 0.4) is 0 Å². The maximum absolute atomic E-state index is 13.3. The van der Waals surface area contributed by atoms with Gasteiger partial charge in [-0.1, -0.05) is 24.3 Å². The predicted molar refractivity (Wildman–Crippen MR) is 104 cm³/mol. The highest BCUT2D eigenvalue weighted by Crippen LogP contribution is 2.36. The summed E-state index contributed by atoms with van der Waals surface area (Å²) in [5.41, 5.74) is 0.886. The van der Waals surface area contributed by atoms with Gasteiger partial charge in [0, 0.05) is 36.5 Å². The monoisotopic (exact) mass is 364 g/mol. The van der Waals surface area contributed by atoms with E-state index in [9.17, 15) is 14.4 Å². The summed E-state index contributed by atoms with van der Waals surface area (Å²) in [5.74, 6) is 0.376. The predicted octanol–water partition coefficient (Wildman–Crippen LogP) is 2.63. The number of hydrogen-bond acceptors (Lipinski definition) is 4. The number of aldehydes is 1. The Bertz CT molecular complexity index is 1030. The highest BCUT2D eigenvalue weighted by molar-refractivity contribution is 6.22. The van der Waals surface area contributed by atoms with Gasteiger partial charge in [-0.05, 0) is 29.0 Å². The van der Waals surface area contributed by atoms with E-state index >= 15 is 0 Å². The van der Waals surface area contributed by atoms with Gasteiger partial charge in [-0.3, -0.25) is 14.4 Å². The Morgan fingerprint density at radius 2 is 1.93 bits per heavy atom. The fourth-order valence-electron chi connectivity index (χ4n) is 3.26. The molecule has 0 saturated heterocycles. The zero-order valence-corrected chi connectivity index (χ0v) is 15.2. The van der Waals surface area contributed by atoms with Gasteiger partial charge in [0.15, 0.2) is 6.29 Å². The molecule has 0 heterocycles. The summed E-state index contributed by atoms with van der Waals surface area (Å²) >= 11 is 0. The Labute approximate surface area is 156 Å². The molecule has 1 N–H and O–H groups in total. The summed E-state index contributed by atoms with van der Waals surface area (Å²) in [6.07, 6.45) is 1.35. The van der Waals surface area contributed by atoms with Crippen LogP contribution in [0, 0.1) is 0 Å². The maximum atomic E-state index is 13.3. The van der Waals surface area contributed by atoms with Crippen LogP contribution in [-0.4, -0.2) is 50.8 Å². The van der Waals surface area contributed by atoms with E-state index in [2.05, 4.69) is 5.32 Å². The van der Waals surface area contributed by atoms with Gasteiger partial charge in [0.25, 0.3) is 5.91 Å². The fourth-order valence-corrected chi connectivity index (χ4v) is 3.26. The third-order valence-electron chi connectivity index (χ3n) is 4.60. The second kappa shape index (κ2) is 7.86. The quantitative estimate of drug-likeness (QED) is 0.397. The summed E-state index contributed by atoms with van der Waals surface area (Å²) in [7, 11) is 3.23. The molecule has 0 spiro atoms. The standard InChI is InChI=1S/C21H20N2O4/c1-23(10-9-22-13-25)21(26)20-16-6-4-3-5-14(16)11-17-18(27-2)8-7-15(12-24)19(17)20/h3-8,11-13H,9-10H2,1-2H3,(H,22,25). The number of likely N-dealkylation sites (N-methyl/N-ethyl adjacent to an activating group) is 1. The molecule has 0 unspecified atom stereocenters. The van der Waals surface area contributed by atoms with Gasteiger partial charge in [0.2, 0.25) is 6.41 Å². The largest absolute Gasteiger partial charge is 0.496 e. The van der Waals surface area contributed by atoms with Gasteiger partial charge in [-0.15, -0.1) is 0 Å². The van der Waals surface area contributed by atoms with Crippen molar-refractivity contribution >= 4 is 40.1 Å². The van der Waals surface area contributed by atoms with Crippen molar-refractivity contribution in [1.82, 2.24) is 10.2 Å². The van der Waals surface area contributed by atoms with E-state index in [1.165, 1.54) is 4.90 Å². The van der Waals surface area contributed by atoms with Crippen LogP contribution in [0.1, 0.15) is 20.7 Å². The highest BCUT2D eigenvalue weighted by Gasteiger charge is 2.22. The van der Waals surface area contributed by atoms with E-state index < -0.39 is 0 Å². The normalized spacial score (nSPS) is 10.6. The molecule has 3 rings (SSSR count). The first-order chi connectivity index (χ1) is 13.1. The lowest BCUT2D eigenvalue weighted by Crippen LogP contribution is -2.33. The third-order valence-corrected chi connectivity index (χ3v) is 4.60. The Hall–Kier alpha value is -3.41. The Balaban J connectivity index is 2.31. The first-order valence-corrected chi connectivity index (χ1v) is 8.52. The zero-order chi connectivity index (χ0) is 19.4. The number of nitrogens with zero attached hydrogens (tertiary/aromatic N) is 1. The van der Waals surface area contributed by atoms with Crippen LogP contribution in [0.5, 0.6) is 5.75 Å². The minimum absolute atomic E-state index is 0.221. The number of rotatable bonds is 7. The zero-order valence-electron chi connectivity index (χ0n) is 15.2. The van der Waals surface area contributed by atoms with Crippen LogP contribution in [0.2, 0.25) is 0 Å². The highest BCUT2D eigenvalue weighted by atomic mass is 16.5. The summed E-state index contributed by atoms with van der Waals surface area (Å²) < 4.78 is 5.46. The molecule has 2 amide bonds. The summed E-state index contributed by atoms with van der Waals surface area (Å²) in [4.78, 5) is 37.0. The molecule has 0 fully saturated rings. The minimum atomic E-state index is -0.221. The molecule has 6 heteroatoms. The number of carbonyl (C=O) groups is 3. The minimum Gasteiger partial charge on any atom is -0.496 e. The molecule has 0 aliphatic heterocycles. The molecular weight excluding hydrogens is 344 g/mol. The fraction of sp³-hybridized carbons (Fsp3) is 0.190. The smallest absolute Gasteiger partial charge is 0.254 e. The van der Waals surface area contributed by atoms with Gasteiger partial charge < -0.3 is 15.0 Å². The molecule has 0 atom stereocenters. The molecule has 0 bridgehead atoms. The van der Waals surface area contributed by atoms with Crippen LogP contribution in [0.4, 0.5) is 0 Å². The molecule has 138 valence electrons. The average molecular weight is 364 g/mol. The first kappa shape index (κ1) is 18.4. The van der Waals surface area contributed by atoms with E-state index in [1.54, 1.807) is 26.3 Å². The molecule has 0 aromatic heterocycles. The van der Waals surface area contributed by atoms with Crippen molar-refractivity contribution in [3.05, 3.63) is 53.6 Å². The van der Waals surface area contributed by atoms with Crippen molar-refractivity contribution < 1.29 is 19.1 Å². The van der Waals surface area contributed by atoms with Crippen LogP contribution in [-0.2, 0) is 4.79 Å². The molecule has 6 nitrogen and oxygen atoms in total. The van der Waals surface area contributed by atoms with E-state index in [1.807, 2.05) is 30.3 Å². The number of fused-ring (bicyclic) bond motifs is 2. The van der Waals surface area contributed by atoms with Crippen molar-refractivity contribution in [3.8, 4) is 5.75 Å². The van der Waals surface area contributed by atoms with Crippen molar-refractivity contribution in [2.75, 3.05) is 27.2 Å². The molecule has 0 saturated carbocycles. The van der Waals surface area contributed by atoms with Crippen molar-refractivity contribution in [2.45, 2.75) is 0 Å². The Morgan fingerprint density at radius 3 is 2.63 bits per heavy atom. The van der Waals surface area contributed by atoms with Crippen LogP contribution in [0.25, 0.3) is 21.5 Å². The molecule has 27 heavy (non-hydrogen) atoms. The second-order valence-corrected chi connectivity index (χ2v) is 6.17. The van der Waals surface area contributed by atoms with Crippen molar-refractivity contribution in [1.29, 1.82) is 0 Å². The van der Waals surface area contributed by atoms with Crippen LogP contribution < -0.4 is 10.1 Å². The number of methoxy groups -OCH3 is 1. The van der Waals surface area contributed by atoms with Gasteiger partial charge in [-0.25, -0.2) is 0 Å². The molecule has 3 aromatic rings. The summed E-state index contributed by atoms with van der Waals surface area (Å²) in [6, 6.07) is 12.9.